The van der Waals surface area contributed by atoms with E-state index in [1.165, 1.54) is 17.4 Å². The van der Waals surface area contributed by atoms with E-state index in [-0.39, 0.29) is 10.9 Å². The first-order valence-corrected chi connectivity index (χ1v) is 8.24. The number of benzene rings is 1. The second kappa shape index (κ2) is 5.65. The lowest BCUT2D eigenvalue weighted by molar-refractivity contribution is 0.0693. The normalized spacial score (nSPS) is 16.5. The standard InChI is InChI=1S/C14H19NO5S/c1-9-7-12(16)11(14(17)18)8-13(9)21(19,20)15(2)10-5-3-4-6-10/h7-8,10,16H,3-6H2,1-2H3,(H,17,18). The van der Waals surface area contributed by atoms with Crippen LogP contribution in [0.25, 0.3) is 0 Å². The minimum atomic E-state index is -3.77. The zero-order chi connectivity index (χ0) is 15.8. The van der Waals surface area contributed by atoms with Crippen LogP contribution < -0.4 is 0 Å². The topological polar surface area (TPSA) is 94.9 Å². The Morgan fingerprint density at radius 2 is 1.86 bits per heavy atom. The van der Waals surface area contributed by atoms with Crippen LogP contribution in [0.1, 0.15) is 41.6 Å². The van der Waals surface area contributed by atoms with Crippen molar-refractivity contribution < 1.29 is 23.4 Å². The summed E-state index contributed by atoms with van der Waals surface area (Å²) >= 11 is 0. The van der Waals surface area contributed by atoms with Gasteiger partial charge in [-0.25, -0.2) is 13.2 Å². The van der Waals surface area contributed by atoms with Crippen LogP contribution in [-0.4, -0.2) is 42.0 Å². The fourth-order valence-corrected chi connectivity index (χ4v) is 4.39. The number of sulfonamides is 1. The number of carbonyl (C=O) groups is 1. The second-order valence-corrected chi connectivity index (χ2v) is 7.37. The van der Waals surface area contributed by atoms with Gasteiger partial charge in [-0.2, -0.15) is 4.31 Å². The molecule has 1 aromatic rings. The lowest BCUT2D eigenvalue weighted by Crippen LogP contribution is -2.35. The molecule has 1 saturated carbocycles. The number of hydrogen-bond acceptors (Lipinski definition) is 4. The van der Waals surface area contributed by atoms with Crippen LogP contribution >= 0.6 is 0 Å². The van der Waals surface area contributed by atoms with E-state index in [9.17, 15) is 18.3 Å². The monoisotopic (exact) mass is 313 g/mol. The maximum Gasteiger partial charge on any atom is 0.339 e. The Bertz CT molecular complexity index is 662. The molecule has 116 valence electrons. The molecule has 1 aliphatic carbocycles. The van der Waals surface area contributed by atoms with Crippen molar-refractivity contribution in [1.29, 1.82) is 0 Å². The Hall–Kier alpha value is -1.60. The molecule has 1 aromatic carbocycles. The minimum Gasteiger partial charge on any atom is -0.507 e. The first-order chi connectivity index (χ1) is 9.75. The number of carboxylic acid groups (broad SMARTS) is 1. The molecule has 1 fully saturated rings. The van der Waals surface area contributed by atoms with E-state index in [0.29, 0.717) is 5.56 Å². The van der Waals surface area contributed by atoms with Crippen molar-refractivity contribution in [2.24, 2.45) is 0 Å². The van der Waals surface area contributed by atoms with Gasteiger partial charge in [0, 0.05) is 13.1 Å². The van der Waals surface area contributed by atoms with Gasteiger partial charge in [-0.15, -0.1) is 0 Å². The van der Waals surface area contributed by atoms with Crippen LogP contribution in [0, 0.1) is 6.92 Å². The number of aromatic carboxylic acids is 1. The number of hydrogen-bond donors (Lipinski definition) is 2. The van der Waals surface area contributed by atoms with Gasteiger partial charge in [0.15, 0.2) is 0 Å². The molecule has 6 nitrogen and oxygen atoms in total. The molecule has 0 radical (unpaired) electrons. The van der Waals surface area contributed by atoms with Crippen LogP contribution in [0.2, 0.25) is 0 Å². The highest BCUT2D eigenvalue weighted by molar-refractivity contribution is 7.89. The SMILES string of the molecule is Cc1cc(O)c(C(=O)O)cc1S(=O)(=O)N(C)C1CCCC1. The first kappa shape index (κ1) is 15.8. The highest BCUT2D eigenvalue weighted by atomic mass is 32.2. The average Bonchev–Trinajstić information content (AvgIpc) is 2.90. The Balaban J connectivity index is 2.48. The molecule has 0 bridgehead atoms. The molecule has 0 unspecified atom stereocenters. The molecule has 21 heavy (non-hydrogen) atoms. The van der Waals surface area contributed by atoms with Crippen LogP contribution in [-0.2, 0) is 10.0 Å². The molecule has 0 spiro atoms. The van der Waals surface area contributed by atoms with Crippen molar-refractivity contribution in [3.63, 3.8) is 0 Å². The summed E-state index contributed by atoms with van der Waals surface area (Å²) in [6.07, 6.45) is 3.64. The molecule has 7 heteroatoms. The summed E-state index contributed by atoms with van der Waals surface area (Å²) in [4.78, 5) is 11.0. The fraction of sp³-hybridized carbons (Fsp3) is 0.500. The van der Waals surface area contributed by atoms with Gasteiger partial charge < -0.3 is 10.2 Å². The van der Waals surface area contributed by atoms with Gasteiger partial charge in [0.25, 0.3) is 0 Å². The maximum absolute atomic E-state index is 12.7. The molecule has 2 rings (SSSR count). The van der Waals surface area contributed by atoms with Gasteiger partial charge in [0.1, 0.15) is 11.3 Å². The van der Waals surface area contributed by atoms with Crippen molar-refractivity contribution in [1.82, 2.24) is 4.31 Å². The molecule has 1 aliphatic rings. The third-order valence-corrected chi connectivity index (χ3v) is 6.07. The number of aromatic hydroxyl groups is 1. The molecular weight excluding hydrogens is 294 g/mol. The zero-order valence-electron chi connectivity index (χ0n) is 12.0. The predicted molar refractivity (Wildman–Crippen MR) is 77.0 cm³/mol. The largest absolute Gasteiger partial charge is 0.507 e. The number of phenols is 1. The summed E-state index contributed by atoms with van der Waals surface area (Å²) in [5.41, 5.74) is -0.0682. The first-order valence-electron chi connectivity index (χ1n) is 6.80. The quantitative estimate of drug-likeness (QED) is 0.886. The molecule has 0 aromatic heterocycles. The highest BCUT2D eigenvalue weighted by Gasteiger charge is 2.32. The van der Waals surface area contributed by atoms with Crippen LogP contribution in [0.3, 0.4) is 0 Å². The van der Waals surface area contributed by atoms with Crippen molar-refractivity contribution in [3.05, 3.63) is 23.3 Å². The smallest absolute Gasteiger partial charge is 0.339 e. The van der Waals surface area contributed by atoms with Gasteiger partial charge in [0.2, 0.25) is 10.0 Å². The van der Waals surface area contributed by atoms with E-state index < -0.39 is 27.3 Å². The zero-order valence-corrected chi connectivity index (χ0v) is 12.9. The van der Waals surface area contributed by atoms with Gasteiger partial charge in [0.05, 0.1) is 4.90 Å². The van der Waals surface area contributed by atoms with Crippen molar-refractivity contribution in [2.45, 2.75) is 43.5 Å². The van der Waals surface area contributed by atoms with E-state index in [2.05, 4.69) is 0 Å². The number of carboxylic acids is 1. The molecule has 0 aliphatic heterocycles. The van der Waals surface area contributed by atoms with E-state index >= 15 is 0 Å². The molecule has 0 saturated heterocycles. The Labute approximate surface area is 124 Å². The predicted octanol–water partition coefficient (Wildman–Crippen LogP) is 1.96. The summed E-state index contributed by atoms with van der Waals surface area (Å²) in [5, 5.41) is 18.6. The lowest BCUT2D eigenvalue weighted by Gasteiger charge is -2.24. The molecule has 0 atom stereocenters. The number of rotatable bonds is 4. The van der Waals surface area contributed by atoms with Gasteiger partial charge in [-0.1, -0.05) is 12.8 Å². The van der Waals surface area contributed by atoms with E-state index in [1.807, 2.05) is 0 Å². The Kier molecular flexibility index (Phi) is 4.25. The van der Waals surface area contributed by atoms with E-state index in [4.69, 9.17) is 5.11 Å². The van der Waals surface area contributed by atoms with Crippen molar-refractivity contribution in [2.75, 3.05) is 7.05 Å². The van der Waals surface area contributed by atoms with Crippen LogP contribution in [0.15, 0.2) is 17.0 Å². The minimum absolute atomic E-state index is 0.0449. The van der Waals surface area contributed by atoms with Crippen LogP contribution in [0.4, 0.5) is 0 Å². The van der Waals surface area contributed by atoms with Crippen molar-refractivity contribution in [3.8, 4) is 5.75 Å². The molecule has 0 amide bonds. The summed E-state index contributed by atoms with van der Waals surface area (Å²) < 4.78 is 26.7. The fourth-order valence-electron chi connectivity index (χ4n) is 2.74. The molecular formula is C14H19NO5S. The van der Waals surface area contributed by atoms with Crippen LogP contribution in [0.5, 0.6) is 5.75 Å². The summed E-state index contributed by atoms with van der Waals surface area (Å²) in [7, 11) is -2.24. The summed E-state index contributed by atoms with van der Waals surface area (Å²) in [6, 6.07) is 2.17. The highest BCUT2D eigenvalue weighted by Crippen LogP contribution is 2.31. The Morgan fingerprint density at radius 1 is 1.29 bits per heavy atom. The van der Waals surface area contributed by atoms with Gasteiger partial charge in [-0.3, -0.25) is 0 Å². The third-order valence-electron chi connectivity index (χ3n) is 4.02. The lowest BCUT2D eigenvalue weighted by atomic mass is 10.1. The molecule has 2 N–H and O–H groups in total. The van der Waals surface area contributed by atoms with E-state index in [1.54, 1.807) is 6.92 Å². The summed E-state index contributed by atoms with van der Waals surface area (Å²) in [5.74, 6) is -1.78. The average molecular weight is 313 g/mol. The van der Waals surface area contributed by atoms with Crippen molar-refractivity contribution >= 4 is 16.0 Å². The number of nitrogens with zero attached hydrogens (tertiary/aromatic N) is 1. The van der Waals surface area contributed by atoms with Gasteiger partial charge >= 0.3 is 5.97 Å². The third kappa shape index (κ3) is 2.89. The number of aryl methyl sites for hydroxylation is 1. The Morgan fingerprint density at radius 3 is 2.38 bits per heavy atom. The molecule has 0 heterocycles. The van der Waals surface area contributed by atoms with Gasteiger partial charge in [-0.05, 0) is 37.5 Å². The second-order valence-electron chi connectivity index (χ2n) is 5.40. The maximum atomic E-state index is 12.7. The van der Waals surface area contributed by atoms with E-state index in [0.717, 1.165) is 31.7 Å². The summed E-state index contributed by atoms with van der Waals surface area (Å²) in [6.45, 7) is 1.54.